The van der Waals surface area contributed by atoms with Crippen molar-refractivity contribution in [1.82, 2.24) is 10.2 Å². The molecule has 0 aromatic heterocycles. The molecular formula is C24H32N2O2. The van der Waals surface area contributed by atoms with E-state index in [0.29, 0.717) is 19.4 Å². The first kappa shape index (κ1) is 21.7. The van der Waals surface area contributed by atoms with Gasteiger partial charge in [0.25, 0.3) is 0 Å². The van der Waals surface area contributed by atoms with E-state index in [0.717, 1.165) is 17.5 Å². The molecule has 0 saturated carbocycles. The van der Waals surface area contributed by atoms with Crippen LogP contribution in [0.1, 0.15) is 50.3 Å². The second-order valence-electron chi connectivity index (χ2n) is 7.49. The van der Waals surface area contributed by atoms with Gasteiger partial charge < -0.3 is 10.2 Å². The van der Waals surface area contributed by atoms with Gasteiger partial charge in [0.2, 0.25) is 11.8 Å². The molecule has 0 heterocycles. The van der Waals surface area contributed by atoms with E-state index in [4.69, 9.17) is 0 Å². The summed E-state index contributed by atoms with van der Waals surface area (Å²) in [4.78, 5) is 27.4. The summed E-state index contributed by atoms with van der Waals surface area (Å²) in [5.41, 5.74) is 3.33. The van der Waals surface area contributed by atoms with Gasteiger partial charge in [-0.15, -0.1) is 0 Å². The summed E-state index contributed by atoms with van der Waals surface area (Å²) < 4.78 is 0. The van der Waals surface area contributed by atoms with Gasteiger partial charge in [0.05, 0.1) is 0 Å². The van der Waals surface area contributed by atoms with Gasteiger partial charge in [0, 0.05) is 19.0 Å². The van der Waals surface area contributed by atoms with Crippen molar-refractivity contribution < 1.29 is 9.59 Å². The monoisotopic (exact) mass is 380 g/mol. The number of hydrogen-bond acceptors (Lipinski definition) is 2. The topological polar surface area (TPSA) is 49.4 Å². The molecule has 4 nitrogen and oxygen atoms in total. The van der Waals surface area contributed by atoms with Crippen molar-refractivity contribution in [3.05, 3.63) is 71.3 Å². The fourth-order valence-corrected chi connectivity index (χ4v) is 2.98. The molecule has 0 aliphatic heterocycles. The minimum Gasteiger partial charge on any atom is -0.352 e. The number of amides is 2. The molecule has 1 N–H and O–H groups in total. The van der Waals surface area contributed by atoms with Crippen LogP contribution in [0.25, 0.3) is 0 Å². The lowest BCUT2D eigenvalue weighted by atomic mass is 10.1. The Hall–Kier alpha value is -2.62. The van der Waals surface area contributed by atoms with E-state index in [2.05, 4.69) is 5.32 Å². The zero-order valence-electron chi connectivity index (χ0n) is 17.4. The van der Waals surface area contributed by atoms with E-state index >= 15 is 0 Å². The van der Waals surface area contributed by atoms with Gasteiger partial charge in [0.1, 0.15) is 6.04 Å². The molecule has 0 spiro atoms. The number of hydrogen-bond donors (Lipinski definition) is 1. The van der Waals surface area contributed by atoms with Crippen molar-refractivity contribution in [3.63, 3.8) is 0 Å². The van der Waals surface area contributed by atoms with Crippen LogP contribution in [0.5, 0.6) is 0 Å². The summed E-state index contributed by atoms with van der Waals surface area (Å²) in [5, 5.41) is 3.00. The highest BCUT2D eigenvalue weighted by Crippen LogP contribution is 2.14. The number of nitrogens with zero attached hydrogens (tertiary/aromatic N) is 1. The zero-order valence-corrected chi connectivity index (χ0v) is 17.4. The van der Waals surface area contributed by atoms with E-state index < -0.39 is 6.04 Å². The lowest BCUT2D eigenvalue weighted by Crippen LogP contribution is -2.49. The van der Waals surface area contributed by atoms with Gasteiger partial charge in [0.15, 0.2) is 0 Å². The maximum absolute atomic E-state index is 13.0. The lowest BCUT2D eigenvalue weighted by Gasteiger charge is -2.30. The molecule has 0 saturated heterocycles. The van der Waals surface area contributed by atoms with Crippen LogP contribution in [0.3, 0.4) is 0 Å². The molecule has 0 bridgehead atoms. The number of carbonyl (C=O) groups excluding carboxylic acids is 2. The third-order valence-electron chi connectivity index (χ3n) is 5.11. The molecule has 2 aromatic carbocycles. The predicted octanol–water partition coefficient (Wildman–Crippen LogP) is 4.26. The average Bonchev–Trinajstić information content (AvgIpc) is 2.71. The highest BCUT2D eigenvalue weighted by atomic mass is 16.2. The summed E-state index contributed by atoms with van der Waals surface area (Å²) >= 11 is 0. The second-order valence-corrected chi connectivity index (χ2v) is 7.49. The normalized spacial score (nSPS) is 12.9. The summed E-state index contributed by atoms with van der Waals surface area (Å²) in [7, 11) is 0. The molecule has 150 valence electrons. The van der Waals surface area contributed by atoms with E-state index in [1.54, 1.807) is 4.90 Å². The molecule has 0 aliphatic carbocycles. The molecule has 2 amide bonds. The Labute approximate surface area is 169 Å². The smallest absolute Gasteiger partial charge is 0.242 e. The highest BCUT2D eigenvalue weighted by Gasteiger charge is 2.26. The number of nitrogens with one attached hydrogen (secondary N) is 1. The first-order chi connectivity index (χ1) is 13.4. The highest BCUT2D eigenvalue weighted by molar-refractivity contribution is 5.87. The Balaban J connectivity index is 2.12. The van der Waals surface area contributed by atoms with Crippen molar-refractivity contribution >= 4 is 11.8 Å². The SMILES string of the molecule is CC[C@H](C)NC(=O)[C@@H](C)N(Cc1ccc(C)cc1)C(=O)CCc1ccccc1. The van der Waals surface area contributed by atoms with Crippen LogP contribution in [0, 0.1) is 6.92 Å². The largest absolute Gasteiger partial charge is 0.352 e. The van der Waals surface area contributed by atoms with E-state index in [1.807, 2.05) is 82.3 Å². The standard InChI is InChI=1S/C24H32N2O2/c1-5-19(3)25-24(28)20(4)26(17-22-13-11-18(2)12-14-22)23(27)16-15-21-9-7-6-8-10-21/h6-14,19-20H,5,15-17H2,1-4H3,(H,25,28)/t19-,20+/m0/s1. The summed E-state index contributed by atoms with van der Waals surface area (Å²) in [6.07, 6.45) is 1.92. The van der Waals surface area contributed by atoms with Crippen molar-refractivity contribution in [2.45, 2.75) is 65.6 Å². The van der Waals surface area contributed by atoms with Gasteiger partial charge >= 0.3 is 0 Å². The van der Waals surface area contributed by atoms with Gasteiger partial charge in [-0.2, -0.15) is 0 Å². The first-order valence-corrected chi connectivity index (χ1v) is 10.1. The van der Waals surface area contributed by atoms with Crippen LogP contribution in [-0.2, 0) is 22.6 Å². The van der Waals surface area contributed by atoms with Crippen LogP contribution in [-0.4, -0.2) is 28.8 Å². The minimum absolute atomic E-state index is 0.00349. The number of carbonyl (C=O) groups is 2. The predicted molar refractivity (Wildman–Crippen MR) is 114 cm³/mol. The van der Waals surface area contributed by atoms with Crippen LogP contribution in [0.2, 0.25) is 0 Å². The van der Waals surface area contributed by atoms with Crippen LogP contribution in [0.15, 0.2) is 54.6 Å². The quantitative estimate of drug-likeness (QED) is 0.707. The molecule has 0 fully saturated rings. The van der Waals surface area contributed by atoms with Gasteiger partial charge in [-0.25, -0.2) is 0 Å². The second kappa shape index (κ2) is 10.6. The van der Waals surface area contributed by atoms with Crippen LogP contribution >= 0.6 is 0 Å². The summed E-state index contributed by atoms with van der Waals surface area (Å²) in [5.74, 6) is -0.106. The molecule has 4 heteroatoms. The Bertz CT molecular complexity index is 756. The fourth-order valence-electron chi connectivity index (χ4n) is 2.98. The Morgan fingerprint density at radius 3 is 2.21 bits per heavy atom. The molecular weight excluding hydrogens is 348 g/mol. The van der Waals surface area contributed by atoms with Gasteiger partial charge in [-0.1, -0.05) is 67.1 Å². The van der Waals surface area contributed by atoms with Gasteiger partial charge in [-0.05, 0) is 44.7 Å². The number of rotatable bonds is 9. The Kier molecular flexibility index (Phi) is 8.24. The Morgan fingerprint density at radius 1 is 0.964 bits per heavy atom. The van der Waals surface area contributed by atoms with Crippen molar-refractivity contribution in [1.29, 1.82) is 0 Å². The van der Waals surface area contributed by atoms with Crippen molar-refractivity contribution in [3.8, 4) is 0 Å². The van der Waals surface area contributed by atoms with Crippen LogP contribution in [0.4, 0.5) is 0 Å². The lowest BCUT2D eigenvalue weighted by molar-refractivity contribution is -0.140. The first-order valence-electron chi connectivity index (χ1n) is 10.1. The molecule has 28 heavy (non-hydrogen) atoms. The maximum Gasteiger partial charge on any atom is 0.242 e. The van der Waals surface area contributed by atoms with Gasteiger partial charge in [-0.3, -0.25) is 9.59 Å². The fraction of sp³-hybridized carbons (Fsp3) is 0.417. The average molecular weight is 381 g/mol. The molecule has 2 aromatic rings. The molecule has 2 atom stereocenters. The Morgan fingerprint density at radius 2 is 1.61 bits per heavy atom. The third kappa shape index (κ3) is 6.52. The van der Waals surface area contributed by atoms with Crippen molar-refractivity contribution in [2.24, 2.45) is 0 Å². The summed E-state index contributed by atoms with van der Waals surface area (Å²) in [6.45, 7) is 8.29. The zero-order chi connectivity index (χ0) is 20.5. The number of benzene rings is 2. The number of aryl methyl sites for hydroxylation is 2. The van der Waals surface area contributed by atoms with E-state index in [9.17, 15) is 9.59 Å². The third-order valence-corrected chi connectivity index (χ3v) is 5.11. The van der Waals surface area contributed by atoms with Crippen LogP contribution < -0.4 is 5.32 Å². The molecule has 0 radical (unpaired) electrons. The molecule has 0 unspecified atom stereocenters. The van der Waals surface area contributed by atoms with Crippen molar-refractivity contribution in [2.75, 3.05) is 0 Å². The van der Waals surface area contributed by atoms with E-state index in [1.165, 1.54) is 5.56 Å². The minimum atomic E-state index is -0.515. The van der Waals surface area contributed by atoms with E-state index in [-0.39, 0.29) is 17.9 Å². The maximum atomic E-state index is 13.0. The molecule has 0 aliphatic rings. The summed E-state index contributed by atoms with van der Waals surface area (Å²) in [6, 6.07) is 17.7. The molecule has 2 rings (SSSR count).